The van der Waals surface area contributed by atoms with E-state index in [1.165, 1.54) is 23.8 Å². The molecular weight excluding hydrogens is 484 g/mol. The lowest BCUT2D eigenvalue weighted by Crippen LogP contribution is 0.143. The van der Waals surface area contributed by atoms with Crippen LogP contribution >= 0.6 is 23.8 Å². The second kappa shape index (κ2) is 79900. The van der Waals surface area contributed by atoms with Gasteiger partial charge in [-0.1, -0.05) is 186 Å². The van der Waals surface area contributed by atoms with E-state index in [1.807, 2.05) is 0 Å². The van der Waals surface area contributed by atoms with Crippen LogP contribution < -0.4 is 0 Å². The molecular formula is C25H104F3I. The Morgan fingerprint density at radius 1 is 0.172 bits per heavy atom. The van der Waals surface area contributed by atoms with E-state index in [4.69, 9.17) is 0.594 Å². The first kappa shape index (κ1) is 10400. The molecule has 0 aromatic rings. The SMILES string of the molecule is C.C.C.C.C.C.C.C.C.C.C.C.C.C.C.C.C.C.C.C.C.C.C.C.C.F.F.F.[2H]I. The molecule has 0 heterocycles. The molecule has 0 aliphatic rings. The number of hydrogen-bond donors (Lipinski definition) is 0. The minimum Gasteiger partial charge on any atom is -0.269 e. The molecule has 0 atom stereocenters. The Balaban J connectivity index is -0.0000000000132. The van der Waals surface area contributed by atoms with Crippen molar-refractivity contribution in [3.63, 3.8) is 0 Å². The lowest BCUT2D eigenvalue weighted by molar-refractivity contribution is 1.11. The molecule has 0 aliphatic carbocycles. The van der Waals surface area contributed by atoms with Crippen molar-refractivity contribution >= 4 is 23.8 Å². The van der Waals surface area contributed by atoms with Gasteiger partial charge in [-0.3, -0.25) is 14.1 Å². The van der Waals surface area contributed by atoms with E-state index in [0.29, 0.717) is 0 Å². The van der Waals surface area contributed by atoms with E-state index >= 15 is 0 Å². The maximum atomic E-state index is 5.72. The largest absolute Gasteiger partial charge is 0.269 e. The van der Waals surface area contributed by atoms with E-state index in [-0.39, 0.29) is 200 Å². The van der Waals surface area contributed by atoms with Crippen LogP contribution in [0.5, 0.6) is 0 Å². The molecule has 0 saturated heterocycles. The topological polar surface area (TPSA) is 0 Å². The first-order valence-corrected chi connectivity index (χ1v) is 0. The highest BCUT2D eigenvalue weighted by atomic mass is 127. The zero-order chi connectivity index (χ0) is 2.00. The first-order valence-electron chi connectivity index (χ1n) is 0.378. The number of halogens is 4. The maximum absolute atomic E-state index is 5.72. The zero-order valence-corrected chi connectivity index (χ0v) is 3.76. The van der Waals surface area contributed by atoms with Gasteiger partial charge in [0.15, 0.2) is 0 Å². The molecule has 0 aliphatic heterocycles. The number of rotatable bonds is 0. The minimum absolute atomic E-state index is 0. The molecule has 0 radical (unpaired) electrons. The second-order valence-corrected chi connectivity index (χ2v) is 0. The Labute approximate surface area is 223 Å². The van der Waals surface area contributed by atoms with Crippen molar-refractivity contribution < 1.29 is 14.1 Å². The van der Waals surface area contributed by atoms with Gasteiger partial charge in [0, 0.05) is 0 Å². The van der Waals surface area contributed by atoms with Crippen LogP contribution in [0.2, 0.25) is 0 Å². The van der Waals surface area contributed by atoms with Gasteiger partial charge in [0.05, 0.1) is 0 Å². The third-order valence-corrected chi connectivity index (χ3v) is 0. The monoisotopic (exact) mass is 590 g/mol. The summed E-state index contributed by atoms with van der Waals surface area (Å²) < 4.78 is 5.72. The highest BCUT2D eigenvalue weighted by Crippen LogP contribution is 0.886. The summed E-state index contributed by atoms with van der Waals surface area (Å²) in [4.78, 5) is 0. The van der Waals surface area contributed by atoms with Crippen molar-refractivity contribution in [2.24, 2.45) is 0 Å². The molecule has 0 fully saturated rings. The molecule has 0 rings (SSSR count). The minimum atomic E-state index is 0. The van der Waals surface area contributed by atoms with Crippen LogP contribution in [-0.2, 0) is 0 Å². The summed E-state index contributed by atoms with van der Waals surface area (Å²) in [5.74, 6) is 0. The van der Waals surface area contributed by atoms with Crippen molar-refractivity contribution in [3.8, 4) is 0 Å². The van der Waals surface area contributed by atoms with Crippen molar-refractivity contribution in [2.45, 2.75) is 186 Å². The summed E-state index contributed by atoms with van der Waals surface area (Å²) >= 11 is 1.40. The van der Waals surface area contributed by atoms with Crippen LogP contribution in [0, 0.1) is 0 Å². The van der Waals surface area contributed by atoms with E-state index in [0.717, 1.165) is 0 Å². The molecule has 0 bridgehead atoms. The fourth-order valence-electron chi connectivity index (χ4n) is 0. The van der Waals surface area contributed by atoms with Gasteiger partial charge in [0.25, 0.3) is 0 Å². The van der Waals surface area contributed by atoms with Crippen LogP contribution in [0.4, 0.5) is 14.1 Å². The van der Waals surface area contributed by atoms with E-state index in [9.17, 15) is 0 Å². The van der Waals surface area contributed by atoms with E-state index < -0.39 is 0 Å². The molecule has 0 unspecified atom stereocenters. The van der Waals surface area contributed by atoms with Gasteiger partial charge in [0.1, 0.15) is 0.594 Å². The summed E-state index contributed by atoms with van der Waals surface area (Å²) in [5, 5.41) is 0. The molecule has 0 aromatic carbocycles. The standard InChI is InChI=1S/25CH4.3FH.HI/h25*1H4;4*1H/i/hD. The predicted octanol–water partition coefficient (Wildman–Crippen LogP) is 17.0. The average molecular weight is 590 g/mol. The van der Waals surface area contributed by atoms with Gasteiger partial charge in [-0.05, 0) is 0 Å². The Morgan fingerprint density at radius 3 is 0.172 bits per heavy atom. The van der Waals surface area contributed by atoms with Gasteiger partial charge >= 0.3 is 0 Å². The summed E-state index contributed by atoms with van der Waals surface area (Å²) in [6, 6.07) is 0. The summed E-state index contributed by atoms with van der Waals surface area (Å²) in [7, 11) is 0. The molecule has 0 nitrogen and oxygen atoms in total. The van der Waals surface area contributed by atoms with Crippen LogP contribution in [-0.4, -0.2) is 0.594 Å². The smallest absolute Gasteiger partial charge is 0.107 e. The van der Waals surface area contributed by atoms with Crippen molar-refractivity contribution in [3.05, 3.63) is 0 Å². The van der Waals surface area contributed by atoms with Crippen molar-refractivity contribution in [2.75, 3.05) is 0 Å². The summed E-state index contributed by atoms with van der Waals surface area (Å²) in [5.41, 5.74) is 0. The molecule has 0 aromatic heterocycles. The first-order chi connectivity index (χ1) is 1.00. The Hall–Kier alpha value is 0.520. The van der Waals surface area contributed by atoms with E-state index in [2.05, 4.69) is 0 Å². The van der Waals surface area contributed by atoms with Crippen LogP contribution in [0.15, 0.2) is 0 Å². The van der Waals surface area contributed by atoms with Crippen LogP contribution in [0.25, 0.3) is 0 Å². The second-order valence-electron chi connectivity index (χ2n) is 0. The quantitative estimate of drug-likeness (QED) is 0.247. The fourth-order valence-corrected chi connectivity index (χ4v) is 0. The zero-order valence-electron chi connectivity index (χ0n) is 2.60. The number of hydrogen-bond acceptors (Lipinski definition) is 0. The van der Waals surface area contributed by atoms with Crippen molar-refractivity contribution in [1.82, 2.24) is 0 Å². The van der Waals surface area contributed by atoms with Gasteiger partial charge in [-0.15, -0.1) is 23.8 Å². The molecule has 0 amide bonds. The van der Waals surface area contributed by atoms with Gasteiger partial charge in [0.2, 0.25) is 0 Å². The maximum Gasteiger partial charge on any atom is 0.107 e. The lowest BCUT2D eigenvalue weighted by Gasteiger charge is -0.270. The lowest BCUT2D eigenvalue weighted by atomic mass is 12.0. The third kappa shape index (κ3) is 74200. The molecule has 4 heteroatoms. The predicted molar refractivity (Wildman–Crippen MR) is 191 cm³/mol. The normalized spacial score (nSPS) is 0.241. The fraction of sp³-hybridized carbons (Fsp3) is 1.00. The Bertz CT molecular complexity index is 26.4. The molecule has 0 spiro atoms. The molecule has 232 valence electrons. The van der Waals surface area contributed by atoms with Crippen LogP contribution in [0.1, 0.15) is 186 Å². The highest BCUT2D eigenvalue weighted by molar-refractivity contribution is 14.0. The van der Waals surface area contributed by atoms with Gasteiger partial charge < -0.3 is 0 Å². The Kier molecular flexibility index (Phi) is 28600000. The van der Waals surface area contributed by atoms with E-state index in [1.54, 1.807) is 0 Å². The summed E-state index contributed by atoms with van der Waals surface area (Å²) in [6.45, 7) is 0. The summed E-state index contributed by atoms with van der Waals surface area (Å²) in [6.07, 6.45) is 0. The molecule has 29 heavy (non-hydrogen) atoms. The molecule has 0 saturated carbocycles. The van der Waals surface area contributed by atoms with Crippen LogP contribution in [0.3, 0.4) is 0 Å². The van der Waals surface area contributed by atoms with Crippen molar-refractivity contribution in [1.29, 1.82) is 0.594 Å². The average Bonchev–Trinajstić information content (AvgIpc) is 1.00. The molecule has 0 N–H and O–H groups in total. The Morgan fingerprint density at radius 2 is 0.172 bits per heavy atom. The van der Waals surface area contributed by atoms with Gasteiger partial charge in [-0.2, -0.15) is 0 Å². The van der Waals surface area contributed by atoms with Gasteiger partial charge in [-0.25, -0.2) is 0 Å². The third-order valence-electron chi connectivity index (χ3n) is 0. The highest BCUT2D eigenvalue weighted by Gasteiger charge is -0.0527.